The predicted octanol–water partition coefficient (Wildman–Crippen LogP) is 3.02. The van der Waals surface area contributed by atoms with Crippen LogP contribution in [0.3, 0.4) is 0 Å². The van der Waals surface area contributed by atoms with Gasteiger partial charge in [0, 0.05) is 24.4 Å². The summed E-state index contributed by atoms with van der Waals surface area (Å²) < 4.78 is 0. The molecule has 0 aliphatic heterocycles. The summed E-state index contributed by atoms with van der Waals surface area (Å²) in [5.74, 6) is -0.352. The average molecular weight is 258 g/mol. The first-order valence-electron chi connectivity index (χ1n) is 6.01. The minimum absolute atomic E-state index is 0.144. The number of carbonyl (C=O) groups is 2. The van der Waals surface area contributed by atoms with Gasteiger partial charge in [-0.05, 0) is 31.5 Å². The highest BCUT2D eigenvalue weighted by atomic mass is 16.2. The number of aryl methyl sites for hydroxylation is 1. The zero-order chi connectivity index (χ0) is 14.3. The highest BCUT2D eigenvalue weighted by molar-refractivity contribution is 6.00. The largest absolute Gasteiger partial charge is 0.326 e. The van der Waals surface area contributed by atoms with Crippen LogP contribution in [-0.2, 0) is 9.59 Å². The van der Waals surface area contributed by atoms with Crippen molar-refractivity contribution < 1.29 is 9.59 Å². The summed E-state index contributed by atoms with van der Waals surface area (Å²) in [4.78, 5) is 22.6. The summed E-state index contributed by atoms with van der Waals surface area (Å²) in [6.07, 6.45) is 6.74. The van der Waals surface area contributed by atoms with Gasteiger partial charge in [0.05, 0.1) is 0 Å². The van der Waals surface area contributed by atoms with Crippen molar-refractivity contribution in [2.24, 2.45) is 0 Å². The van der Waals surface area contributed by atoms with Crippen LogP contribution in [0.2, 0.25) is 0 Å². The Balaban J connectivity index is 2.82. The molecule has 4 nitrogen and oxygen atoms in total. The highest BCUT2D eigenvalue weighted by Crippen LogP contribution is 2.20. The fourth-order valence-corrected chi connectivity index (χ4v) is 1.47. The summed E-state index contributed by atoms with van der Waals surface area (Å²) >= 11 is 0. The van der Waals surface area contributed by atoms with Crippen LogP contribution in [-0.4, -0.2) is 11.8 Å². The molecular weight excluding hydrogens is 240 g/mol. The van der Waals surface area contributed by atoms with Gasteiger partial charge in [-0.3, -0.25) is 9.59 Å². The van der Waals surface area contributed by atoms with Gasteiger partial charge in [0.1, 0.15) is 0 Å². The van der Waals surface area contributed by atoms with E-state index in [1.807, 2.05) is 26.0 Å². The van der Waals surface area contributed by atoms with E-state index in [0.29, 0.717) is 11.4 Å². The monoisotopic (exact) mass is 258 g/mol. The number of benzene rings is 1. The van der Waals surface area contributed by atoms with E-state index >= 15 is 0 Å². The highest BCUT2D eigenvalue weighted by Gasteiger charge is 2.04. The van der Waals surface area contributed by atoms with E-state index in [1.165, 1.54) is 13.0 Å². The van der Waals surface area contributed by atoms with Gasteiger partial charge in [-0.2, -0.15) is 0 Å². The van der Waals surface area contributed by atoms with E-state index in [-0.39, 0.29) is 11.8 Å². The van der Waals surface area contributed by atoms with Crippen LogP contribution in [0.25, 0.3) is 0 Å². The maximum absolute atomic E-state index is 11.7. The standard InChI is InChI=1S/C15H18N2O2/c1-4-5-6-7-15(19)17-14-10-13(16-12(3)18)9-8-11(14)2/h4-10H,1-3H3,(H,16,18)(H,17,19). The molecule has 0 atom stereocenters. The van der Waals surface area contributed by atoms with Crippen molar-refractivity contribution >= 4 is 23.2 Å². The number of anilines is 2. The summed E-state index contributed by atoms with van der Waals surface area (Å²) in [6, 6.07) is 5.37. The second kappa shape index (κ2) is 7.16. The van der Waals surface area contributed by atoms with Crippen LogP contribution in [0.1, 0.15) is 19.4 Å². The number of hydrogen-bond donors (Lipinski definition) is 2. The second-order valence-electron chi connectivity index (χ2n) is 4.09. The molecule has 0 aliphatic carbocycles. The molecule has 1 aromatic carbocycles. The second-order valence-corrected chi connectivity index (χ2v) is 4.09. The fourth-order valence-electron chi connectivity index (χ4n) is 1.47. The van der Waals surface area contributed by atoms with Crippen molar-refractivity contribution in [1.82, 2.24) is 0 Å². The van der Waals surface area contributed by atoms with Crippen LogP contribution >= 0.6 is 0 Å². The summed E-state index contributed by atoms with van der Waals surface area (Å²) in [5, 5.41) is 5.45. The first-order chi connectivity index (χ1) is 9.02. The fraction of sp³-hybridized carbons (Fsp3) is 0.200. The lowest BCUT2D eigenvalue weighted by atomic mass is 10.1. The minimum Gasteiger partial charge on any atom is -0.326 e. The number of carbonyl (C=O) groups excluding carboxylic acids is 2. The molecule has 100 valence electrons. The lowest BCUT2D eigenvalue weighted by Gasteiger charge is -2.09. The maximum atomic E-state index is 11.7. The van der Waals surface area contributed by atoms with E-state index < -0.39 is 0 Å². The Morgan fingerprint density at radius 3 is 2.53 bits per heavy atom. The molecule has 1 aromatic rings. The number of rotatable bonds is 4. The Labute approximate surface area is 113 Å². The molecule has 0 bridgehead atoms. The number of hydrogen-bond acceptors (Lipinski definition) is 2. The topological polar surface area (TPSA) is 58.2 Å². The van der Waals surface area contributed by atoms with Crippen LogP contribution in [0, 0.1) is 6.92 Å². The lowest BCUT2D eigenvalue weighted by Crippen LogP contribution is -2.10. The Hall–Kier alpha value is -2.36. The molecule has 19 heavy (non-hydrogen) atoms. The Morgan fingerprint density at radius 2 is 1.89 bits per heavy atom. The molecule has 0 heterocycles. The summed E-state index contributed by atoms with van der Waals surface area (Å²) in [7, 11) is 0. The molecule has 0 aromatic heterocycles. The normalized spacial score (nSPS) is 10.9. The molecule has 0 fully saturated rings. The molecule has 4 heteroatoms. The quantitative estimate of drug-likeness (QED) is 0.644. The molecular formula is C15H18N2O2. The smallest absolute Gasteiger partial charge is 0.248 e. The molecule has 0 radical (unpaired) electrons. The summed E-state index contributed by atoms with van der Waals surface area (Å²) in [5.41, 5.74) is 2.27. The van der Waals surface area contributed by atoms with Crippen LogP contribution < -0.4 is 10.6 Å². The van der Waals surface area contributed by atoms with Crippen molar-refractivity contribution in [3.63, 3.8) is 0 Å². The van der Waals surface area contributed by atoms with Gasteiger partial charge >= 0.3 is 0 Å². The molecule has 0 unspecified atom stereocenters. The van der Waals surface area contributed by atoms with E-state index in [4.69, 9.17) is 0 Å². The molecule has 2 N–H and O–H groups in total. The first-order valence-corrected chi connectivity index (χ1v) is 6.01. The molecule has 0 spiro atoms. The molecule has 0 aliphatic rings. The van der Waals surface area contributed by atoms with Crippen LogP contribution in [0.15, 0.2) is 42.5 Å². The third-order valence-corrected chi connectivity index (χ3v) is 2.37. The van der Waals surface area contributed by atoms with Gasteiger partial charge in [-0.1, -0.05) is 24.3 Å². The molecule has 1 rings (SSSR count). The minimum atomic E-state index is -0.207. The number of nitrogens with one attached hydrogen (secondary N) is 2. The van der Waals surface area contributed by atoms with Crippen molar-refractivity contribution in [3.05, 3.63) is 48.1 Å². The first kappa shape index (κ1) is 14.7. The van der Waals surface area contributed by atoms with Crippen molar-refractivity contribution in [1.29, 1.82) is 0 Å². The zero-order valence-corrected chi connectivity index (χ0v) is 11.4. The van der Waals surface area contributed by atoms with Gasteiger partial charge < -0.3 is 10.6 Å². The van der Waals surface area contributed by atoms with Crippen LogP contribution in [0.4, 0.5) is 11.4 Å². The van der Waals surface area contributed by atoms with E-state index in [1.54, 1.807) is 24.3 Å². The zero-order valence-electron chi connectivity index (χ0n) is 11.4. The predicted molar refractivity (Wildman–Crippen MR) is 78.1 cm³/mol. The third-order valence-electron chi connectivity index (χ3n) is 2.37. The van der Waals surface area contributed by atoms with Gasteiger partial charge in [-0.25, -0.2) is 0 Å². The van der Waals surface area contributed by atoms with Crippen LogP contribution in [0.5, 0.6) is 0 Å². The van der Waals surface area contributed by atoms with Crippen molar-refractivity contribution in [2.45, 2.75) is 20.8 Å². The number of allylic oxidation sites excluding steroid dienone is 3. The maximum Gasteiger partial charge on any atom is 0.248 e. The Bertz CT molecular complexity index is 531. The van der Waals surface area contributed by atoms with E-state index in [2.05, 4.69) is 10.6 Å². The van der Waals surface area contributed by atoms with Gasteiger partial charge in [0.2, 0.25) is 11.8 Å². The van der Waals surface area contributed by atoms with Gasteiger partial charge in [-0.15, -0.1) is 0 Å². The number of amides is 2. The molecule has 2 amide bonds. The van der Waals surface area contributed by atoms with Gasteiger partial charge in [0.25, 0.3) is 0 Å². The van der Waals surface area contributed by atoms with Crippen molar-refractivity contribution in [3.8, 4) is 0 Å². The van der Waals surface area contributed by atoms with Crippen molar-refractivity contribution in [2.75, 3.05) is 10.6 Å². The SMILES string of the molecule is CC=CC=CC(=O)Nc1cc(NC(C)=O)ccc1C. The summed E-state index contributed by atoms with van der Waals surface area (Å²) in [6.45, 7) is 5.21. The molecule has 0 saturated carbocycles. The van der Waals surface area contributed by atoms with Gasteiger partial charge in [0.15, 0.2) is 0 Å². The molecule has 0 saturated heterocycles. The van der Waals surface area contributed by atoms with E-state index in [0.717, 1.165) is 5.56 Å². The lowest BCUT2D eigenvalue weighted by molar-refractivity contribution is -0.114. The third kappa shape index (κ3) is 5.21. The average Bonchev–Trinajstić information content (AvgIpc) is 2.33. The van der Waals surface area contributed by atoms with E-state index in [9.17, 15) is 9.59 Å². The Morgan fingerprint density at radius 1 is 1.16 bits per heavy atom. The Kier molecular flexibility index (Phi) is 5.54.